The van der Waals surface area contributed by atoms with Crippen LogP contribution in [0.3, 0.4) is 0 Å². The average molecular weight is 410 g/mol. The smallest absolute Gasteiger partial charge is 0.138 e. The maximum Gasteiger partial charge on any atom is 0.138 e. The lowest BCUT2D eigenvalue weighted by Gasteiger charge is -2.16. The Morgan fingerprint density at radius 1 is 0.786 bits per heavy atom. The second-order valence-electron chi connectivity index (χ2n) is 8.16. The first kappa shape index (κ1) is 25.3. The molecule has 0 aliphatic rings. The van der Waals surface area contributed by atoms with Gasteiger partial charge in [-0.15, -0.1) is 0 Å². The summed E-state index contributed by atoms with van der Waals surface area (Å²) in [6, 6.07) is 7.67. The number of nitrogens with one attached hydrogen (secondary N) is 1. The summed E-state index contributed by atoms with van der Waals surface area (Å²) in [5.41, 5.74) is 0. The Balaban J connectivity index is 1.80. The number of benzene rings is 1. The first-order chi connectivity index (χ1) is 13.7. The van der Waals surface area contributed by atoms with Gasteiger partial charge in [-0.1, -0.05) is 114 Å². The van der Waals surface area contributed by atoms with E-state index in [1.54, 1.807) is 0 Å². The highest BCUT2D eigenvalue weighted by atomic mass is 35.5. The van der Waals surface area contributed by atoms with E-state index in [1.807, 2.05) is 24.3 Å². The topological polar surface area (TPSA) is 21.3 Å². The van der Waals surface area contributed by atoms with Crippen LogP contribution in [0.2, 0.25) is 5.02 Å². The minimum absolute atomic E-state index is 0.131. The predicted octanol–water partition coefficient (Wildman–Crippen LogP) is 8.18. The number of rotatable bonds is 19. The van der Waals surface area contributed by atoms with Crippen LogP contribution in [0.15, 0.2) is 24.3 Å². The monoisotopic (exact) mass is 409 g/mol. The highest BCUT2D eigenvalue weighted by Gasteiger charge is 2.06. The van der Waals surface area contributed by atoms with Gasteiger partial charge in [-0.25, -0.2) is 0 Å². The van der Waals surface area contributed by atoms with Crippen molar-refractivity contribution in [2.75, 3.05) is 13.1 Å². The molecule has 1 atom stereocenters. The van der Waals surface area contributed by atoms with Crippen LogP contribution in [0.1, 0.15) is 104 Å². The quantitative estimate of drug-likeness (QED) is 0.232. The molecule has 0 saturated carbocycles. The molecule has 1 N–H and O–H groups in total. The van der Waals surface area contributed by atoms with Gasteiger partial charge >= 0.3 is 0 Å². The van der Waals surface area contributed by atoms with Crippen LogP contribution < -0.4 is 10.1 Å². The van der Waals surface area contributed by atoms with Gasteiger partial charge in [0.25, 0.3) is 0 Å². The number of hydrogen-bond donors (Lipinski definition) is 1. The molecule has 0 saturated heterocycles. The maximum atomic E-state index is 6.13. The lowest BCUT2D eigenvalue weighted by atomic mass is 10.0. The van der Waals surface area contributed by atoms with Crippen molar-refractivity contribution in [3.63, 3.8) is 0 Å². The van der Waals surface area contributed by atoms with Gasteiger partial charge in [-0.2, -0.15) is 0 Å². The molecule has 2 nitrogen and oxygen atoms in total. The molecule has 0 aromatic heterocycles. The Hall–Kier alpha value is -0.730. The second kappa shape index (κ2) is 18.3. The predicted molar refractivity (Wildman–Crippen MR) is 125 cm³/mol. The molecule has 28 heavy (non-hydrogen) atoms. The molecule has 0 radical (unpaired) electrons. The number of halogens is 1. The summed E-state index contributed by atoms with van der Waals surface area (Å²) in [4.78, 5) is 0. The molecule has 0 aliphatic heterocycles. The first-order valence-corrected chi connectivity index (χ1v) is 12.2. The van der Waals surface area contributed by atoms with Crippen molar-refractivity contribution in [1.82, 2.24) is 5.32 Å². The average Bonchev–Trinajstić information content (AvgIpc) is 2.69. The van der Waals surface area contributed by atoms with Crippen molar-refractivity contribution in [2.45, 2.75) is 110 Å². The Labute approximate surface area is 179 Å². The fraction of sp³-hybridized carbons (Fsp3) is 0.760. The molecule has 1 aromatic carbocycles. The third kappa shape index (κ3) is 14.3. The van der Waals surface area contributed by atoms with Crippen molar-refractivity contribution in [3.8, 4) is 5.75 Å². The molecule has 0 bridgehead atoms. The number of hydrogen-bond acceptors (Lipinski definition) is 2. The summed E-state index contributed by atoms with van der Waals surface area (Å²) < 4.78 is 5.87. The summed E-state index contributed by atoms with van der Waals surface area (Å²) >= 11 is 6.13. The van der Waals surface area contributed by atoms with Crippen LogP contribution in [0.4, 0.5) is 0 Å². The van der Waals surface area contributed by atoms with Crippen molar-refractivity contribution in [3.05, 3.63) is 29.3 Å². The van der Waals surface area contributed by atoms with Gasteiger partial charge in [0.15, 0.2) is 0 Å². The third-order valence-electron chi connectivity index (χ3n) is 5.30. The maximum absolute atomic E-state index is 6.13. The molecule has 0 fully saturated rings. The van der Waals surface area contributed by atoms with E-state index < -0.39 is 0 Å². The highest BCUT2D eigenvalue weighted by molar-refractivity contribution is 6.32. The zero-order chi connectivity index (χ0) is 20.3. The molecular weight excluding hydrogens is 366 g/mol. The molecular formula is C25H44ClNO. The summed E-state index contributed by atoms with van der Waals surface area (Å²) in [7, 11) is 0. The van der Waals surface area contributed by atoms with Gasteiger partial charge in [-0.3, -0.25) is 0 Å². The summed E-state index contributed by atoms with van der Waals surface area (Å²) in [6.45, 7) is 6.31. The molecule has 1 unspecified atom stereocenters. The Kier molecular flexibility index (Phi) is 16.5. The number of unbranched alkanes of at least 4 members (excludes halogenated alkanes) is 13. The Morgan fingerprint density at radius 3 is 1.82 bits per heavy atom. The fourth-order valence-corrected chi connectivity index (χ4v) is 3.73. The second-order valence-corrected chi connectivity index (χ2v) is 8.57. The van der Waals surface area contributed by atoms with Crippen LogP contribution in [-0.4, -0.2) is 19.2 Å². The standard InChI is InChI=1S/C25H44ClNO/c1-3-4-5-6-7-8-9-10-11-12-13-14-15-18-21-27-22-23(2)28-25-20-17-16-19-24(25)26/h16-17,19-20,23,27H,3-15,18,21-22H2,1-2H3. The number of ether oxygens (including phenoxy) is 1. The van der Waals surface area contributed by atoms with Gasteiger partial charge in [0.1, 0.15) is 11.9 Å². The largest absolute Gasteiger partial charge is 0.488 e. The van der Waals surface area contributed by atoms with E-state index in [0.717, 1.165) is 18.8 Å². The van der Waals surface area contributed by atoms with Gasteiger partial charge in [-0.05, 0) is 32.0 Å². The van der Waals surface area contributed by atoms with E-state index in [1.165, 1.54) is 89.9 Å². The van der Waals surface area contributed by atoms with Gasteiger partial charge in [0.05, 0.1) is 5.02 Å². The summed E-state index contributed by atoms with van der Waals surface area (Å²) in [5, 5.41) is 4.18. The van der Waals surface area contributed by atoms with Gasteiger partial charge in [0.2, 0.25) is 0 Å². The fourth-order valence-electron chi connectivity index (χ4n) is 3.55. The number of para-hydroxylation sites is 1. The van der Waals surface area contributed by atoms with E-state index in [2.05, 4.69) is 19.2 Å². The van der Waals surface area contributed by atoms with Crippen LogP contribution in [-0.2, 0) is 0 Å². The zero-order valence-corrected chi connectivity index (χ0v) is 19.2. The van der Waals surface area contributed by atoms with Gasteiger partial charge < -0.3 is 10.1 Å². The van der Waals surface area contributed by atoms with E-state index in [-0.39, 0.29) is 6.10 Å². The van der Waals surface area contributed by atoms with Gasteiger partial charge in [0, 0.05) is 6.54 Å². The van der Waals surface area contributed by atoms with Crippen molar-refractivity contribution >= 4 is 11.6 Å². The zero-order valence-electron chi connectivity index (χ0n) is 18.5. The van der Waals surface area contributed by atoms with Crippen LogP contribution >= 0.6 is 11.6 Å². The molecule has 0 aliphatic carbocycles. The Morgan fingerprint density at radius 2 is 1.29 bits per heavy atom. The molecule has 0 heterocycles. The lowest BCUT2D eigenvalue weighted by molar-refractivity contribution is 0.217. The minimum atomic E-state index is 0.131. The van der Waals surface area contributed by atoms with Crippen LogP contribution in [0, 0.1) is 0 Å². The molecule has 0 spiro atoms. The molecule has 162 valence electrons. The van der Waals surface area contributed by atoms with E-state index in [9.17, 15) is 0 Å². The summed E-state index contributed by atoms with van der Waals surface area (Å²) in [5.74, 6) is 0.773. The Bertz CT molecular complexity index is 466. The highest BCUT2D eigenvalue weighted by Crippen LogP contribution is 2.24. The lowest BCUT2D eigenvalue weighted by Crippen LogP contribution is -2.29. The van der Waals surface area contributed by atoms with Crippen molar-refractivity contribution < 1.29 is 4.74 Å². The third-order valence-corrected chi connectivity index (χ3v) is 5.62. The first-order valence-electron chi connectivity index (χ1n) is 11.9. The molecule has 3 heteroatoms. The van der Waals surface area contributed by atoms with E-state index in [0.29, 0.717) is 5.02 Å². The van der Waals surface area contributed by atoms with E-state index >= 15 is 0 Å². The van der Waals surface area contributed by atoms with E-state index in [4.69, 9.17) is 16.3 Å². The normalized spacial score (nSPS) is 12.2. The molecule has 1 rings (SSSR count). The molecule has 1 aromatic rings. The summed E-state index contributed by atoms with van der Waals surface area (Å²) in [6.07, 6.45) is 19.8. The van der Waals surface area contributed by atoms with Crippen molar-refractivity contribution in [1.29, 1.82) is 0 Å². The molecule has 0 amide bonds. The van der Waals surface area contributed by atoms with Crippen LogP contribution in [0.5, 0.6) is 5.75 Å². The van der Waals surface area contributed by atoms with Crippen LogP contribution in [0.25, 0.3) is 0 Å². The van der Waals surface area contributed by atoms with Crippen molar-refractivity contribution in [2.24, 2.45) is 0 Å². The SMILES string of the molecule is CCCCCCCCCCCCCCCCNCC(C)Oc1ccccc1Cl. The minimum Gasteiger partial charge on any atom is -0.488 e.